The van der Waals surface area contributed by atoms with Crippen LogP contribution in [0, 0.1) is 5.92 Å². The average molecular weight is 492 g/mol. The minimum absolute atomic E-state index is 0.0268. The predicted molar refractivity (Wildman–Crippen MR) is 127 cm³/mol. The van der Waals surface area contributed by atoms with Crippen LogP contribution < -0.4 is 5.32 Å². The molecular weight excluding hydrogens is 458 g/mol. The second-order valence-corrected chi connectivity index (χ2v) is 10.6. The molecule has 1 N–H and O–H groups in total. The number of hydrogen-bond donors (Lipinski definition) is 1. The third-order valence-corrected chi connectivity index (χ3v) is 6.80. The van der Waals surface area contributed by atoms with Crippen molar-refractivity contribution in [2.24, 2.45) is 5.92 Å². The fourth-order valence-electron chi connectivity index (χ4n) is 3.90. The second-order valence-electron chi connectivity index (χ2n) is 8.62. The molecule has 0 spiro atoms. The predicted octanol–water partition coefficient (Wildman–Crippen LogP) is 2.42. The molecular formula is C24H33N3O6S. The van der Waals surface area contributed by atoms with Crippen LogP contribution in [0.15, 0.2) is 29.2 Å². The number of carbonyl (C=O) groups is 2. The smallest absolute Gasteiger partial charge is 0.338 e. The molecule has 2 heterocycles. The summed E-state index contributed by atoms with van der Waals surface area (Å²) in [6.07, 6.45) is 3.94. The van der Waals surface area contributed by atoms with Crippen molar-refractivity contribution < 1.29 is 27.5 Å². The van der Waals surface area contributed by atoms with E-state index < -0.39 is 15.8 Å². The van der Waals surface area contributed by atoms with Gasteiger partial charge in [0, 0.05) is 38.1 Å². The number of aromatic nitrogens is 2. The van der Waals surface area contributed by atoms with Crippen molar-refractivity contribution in [3.8, 4) is 0 Å². The van der Waals surface area contributed by atoms with Crippen LogP contribution in [-0.4, -0.2) is 62.7 Å². The molecule has 186 valence electrons. The van der Waals surface area contributed by atoms with E-state index in [0.717, 1.165) is 30.4 Å². The zero-order valence-corrected chi connectivity index (χ0v) is 20.8. The molecule has 0 fully saturated rings. The van der Waals surface area contributed by atoms with Crippen LogP contribution in [0.1, 0.15) is 58.8 Å². The number of aryl methyl sites for hydroxylation is 1. The minimum atomic E-state index is -3.33. The Morgan fingerprint density at radius 2 is 1.94 bits per heavy atom. The van der Waals surface area contributed by atoms with E-state index in [-0.39, 0.29) is 23.3 Å². The van der Waals surface area contributed by atoms with Gasteiger partial charge in [-0.05, 0) is 62.8 Å². The molecule has 0 saturated heterocycles. The molecule has 1 aliphatic rings. The molecule has 1 aromatic carbocycles. The minimum Gasteiger partial charge on any atom is -0.462 e. The molecule has 0 saturated carbocycles. The molecule has 0 unspecified atom stereocenters. The number of amides is 1. The molecule has 1 aliphatic heterocycles. The Morgan fingerprint density at radius 3 is 2.62 bits per heavy atom. The number of ether oxygens (including phenoxy) is 2. The number of sulfone groups is 1. The first-order chi connectivity index (χ1) is 16.2. The quantitative estimate of drug-likeness (QED) is 0.591. The van der Waals surface area contributed by atoms with Gasteiger partial charge >= 0.3 is 5.97 Å². The zero-order chi connectivity index (χ0) is 24.7. The molecule has 2 aromatic rings. The molecule has 9 nitrogen and oxygen atoms in total. The number of carbonyl (C=O) groups excluding carboxylic acids is 2. The summed E-state index contributed by atoms with van der Waals surface area (Å²) in [5.41, 5.74) is 2.67. The Labute approximate surface area is 200 Å². The fourth-order valence-corrected chi connectivity index (χ4v) is 4.53. The monoisotopic (exact) mass is 491 g/mol. The lowest BCUT2D eigenvalue weighted by Gasteiger charge is -2.12. The van der Waals surface area contributed by atoms with Crippen molar-refractivity contribution in [2.75, 3.05) is 32.6 Å². The Morgan fingerprint density at radius 1 is 1.24 bits per heavy atom. The van der Waals surface area contributed by atoms with Crippen molar-refractivity contribution in [3.63, 3.8) is 0 Å². The highest BCUT2D eigenvalue weighted by atomic mass is 32.2. The molecule has 3 rings (SSSR count). The molecule has 1 atom stereocenters. The summed E-state index contributed by atoms with van der Waals surface area (Å²) in [5.74, 6) is -0.656. The van der Waals surface area contributed by atoms with Gasteiger partial charge in [-0.15, -0.1) is 0 Å². The third kappa shape index (κ3) is 6.66. The number of nitrogens with zero attached hydrogens (tertiary/aromatic N) is 2. The number of hydrogen-bond acceptors (Lipinski definition) is 7. The van der Waals surface area contributed by atoms with E-state index >= 15 is 0 Å². The molecule has 0 aliphatic carbocycles. The van der Waals surface area contributed by atoms with Crippen molar-refractivity contribution >= 4 is 21.7 Å². The SMILES string of the molecule is CCn1nc(C[C@@H](C)COC(=O)c2ccc(S(C)(=O)=O)cc2)c2c1C(=O)NCCCOCCC2. The zero-order valence-electron chi connectivity index (χ0n) is 20.0. The van der Waals surface area contributed by atoms with Crippen LogP contribution in [-0.2, 0) is 38.7 Å². The van der Waals surface area contributed by atoms with E-state index in [1.807, 2.05) is 13.8 Å². The van der Waals surface area contributed by atoms with Gasteiger partial charge in [-0.1, -0.05) is 6.92 Å². The second kappa shape index (κ2) is 11.6. The van der Waals surface area contributed by atoms with Gasteiger partial charge in [0.1, 0.15) is 5.69 Å². The summed E-state index contributed by atoms with van der Waals surface area (Å²) in [6, 6.07) is 5.69. The summed E-state index contributed by atoms with van der Waals surface area (Å²) < 4.78 is 36.0. The number of benzene rings is 1. The van der Waals surface area contributed by atoms with Gasteiger partial charge in [-0.3, -0.25) is 9.48 Å². The van der Waals surface area contributed by atoms with Crippen LogP contribution in [0.3, 0.4) is 0 Å². The van der Waals surface area contributed by atoms with Crippen molar-refractivity contribution in [1.29, 1.82) is 0 Å². The van der Waals surface area contributed by atoms with Gasteiger partial charge in [-0.25, -0.2) is 13.2 Å². The normalized spacial score (nSPS) is 16.1. The fraction of sp³-hybridized carbons (Fsp3) is 0.542. The first kappa shape index (κ1) is 25.9. The Balaban J connectivity index is 1.68. The first-order valence-corrected chi connectivity index (χ1v) is 13.5. The van der Waals surface area contributed by atoms with Gasteiger partial charge < -0.3 is 14.8 Å². The summed E-state index contributed by atoms with van der Waals surface area (Å²) in [7, 11) is -3.33. The highest BCUT2D eigenvalue weighted by Gasteiger charge is 2.24. The van der Waals surface area contributed by atoms with Crippen LogP contribution in [0.2, 0.25) is 0 Å². The molecule has 1 aromatic heterocycles. The summed E-state index contributed by atoms with van der Waals surface area (Å²) in [6.45, 7) is 6.50. The van der Waals surface area contributed by atoms with Crippen LogP contribution in [0.25, 0.3) is 0 Å². The molecule has 0 radical (unpaired) electrons. The first-order valence-electron chi connectivity index (χ1n) is 11.6. The van der Waals surface area contributed by atoms with E-state index in [1.54, 1.807) is 4.68 Å². The summed E-state index contributed by atoms with van der Waals surface area (Å²) in [4.78, 5) is 25.4. The topological polar surface area (TPSA) is 117 Å². The van der Waals surface area contributed by atoms with Gasteiger partial charge in [0.2, 0.25) is 0 Å². The third-order valence-electron chi connectivity index (χ3n) is 5.67. The van der Waals surface area contributed by atoms with E-state index in [1.165, 1.54) is 24.3 Å². The van der Waals surface area contributed by atoms with Crippen molar-refractivity contribution in [2.45, 2.75) is 51.0 Å². The molecule has 10 heteroatoms. The maximum Gasteiger partial charge on any atom is 0.338 e. The van der Waals surface area contributed by atoms with Crippen molar-refractivity contribution in [3.05, 3.63) is 46.8 Å². The highest BCUT2D eigenvalue weighted by molar-refractivity contribution is 7.90. The lowest BCUT2D eigenvalue weighted by molar-refractivity contribution is 0.0448. The van der Waals surface area contributed by atoms with Crippen LogP contribution in [0.5, 0.6) is 0 Å². The number of rotatable bonds is 7. The lowest BCUT2D eigenvalue weighted by Crippen LogP contribution is -2.28. The van der Waals surface area contributed by atoms with Gasteiger partial charge in [0.05, 0.1) is 22.8 Å². The summed E-state index contributed by atoms with van der Waals surface area (Å²) in [5, 5.41) is 7.67. The maximum absolute atomic E-state index is 12.9. The highest BCUT2D eigenvalue weighted by Crippen LogP contribution is 2.21. The summed E-state index contributed by atoms with van der Waals surface area (Å²) >= 11 is 0. The van der Waals surface area contributed by atoms with Crippen molar-refractivity contribution in [1.82, 2.24) is 15.1 Å². The maximum atomic E-state index is 12.9. The Hall–Kier alpha value is -2.72. The van der Waals surface area contributed by atoms with Gasteiger partial charge in [0.15, 0.2) is 9.84 Å². The van der Waals surface area contributed by atoms with E-state index in [9.17, 15) is 18.0 Å². The standard InChI is InChI=1S/C24H33N3O6S/c1-4-27-22-20(7-5-13-32-14-6-12-25-23(22)28)21(26-27)15-17(2)16-33-24(29)18-8-10-19(11-9-18)34(3,30)31/h8-11,17H,4-7,12-16H2,1-3H3,(H,25,28)/t17-/m1/s1. The Kier molecular flexibility index (Phi) is 8.84. The van der Waals surface area contributed by atoms with E-state index in [4.69, 9.17) is 14.6 Å². The van der Waals surface area contributed by atoms with Crippen LogP contribution in [0.4, 0.5) is 0 Å². The van der Waals surface area contributed by atoms with Gasteiger partial charge in [0.25, 0.3) is 5.91 Å². The average Bonchev–Trinajstić information content (AvgIpc) is 3.13. The molecule has 1 amide bonds. The number of esters is 1. The van der Waals surface area contributed by atoms with Gasteiger partial charge in [-0.2, -0.15) is 5.10 Å². The largest absolute Gasteiger partial charge is 0.462 e. The van der Waals surface area contributed by atoms with E-state index in [0.29, 0.717) is 50.4 Å². The van der Waals surface area contributed by atoms with E-state index in [2.05, 4.69) is 5.32 Å². The molecule has 34 heavy (non-hydrogen) atoms. The van der Waals surface area contributed by atoms with Crippen LogP contribution >= 0.6 is 0 Å². The number of nitrogens with one attached hydrogen (secondary N) is 1. The molecule has 0 bridgehead atoms. The number of fused-ring (bicyclic) bond motifs is 1. The Bertz CT molecular complexity index is 1110. The lowest BCUT2D eigenvalue weighted by atomic mass is 9.99.